The molecule has 1 saturated heterocycles. The molecule has 5 nitrogen and oxygen atoms in total. The van der Waals surface area contributed by atoms with Gasteiger partial charge in [0.15, 0.2) is 0 Å². The van der Waals surface area contributed by atoms with E-state index in [-0.39, 0.29) is 16.8 Å². The SMILES string of the molecule is Cc1ccc(C(=O)N(C)C(C)c2cccs2)cc1S(=O)(=O)N1CCCCC1. The van der Waals surface area contributed by atoms with E-state index in [1.165, 1.54) is 0 Å². The third kappa shape index (κ3) is 4.10. The van der Waals surface area contributed by atoms with Crippen molar-refractivity contribution in [1.82, 2.24) is 9.21 Å². The van der Waals surface area contributed by atoms with Crippen molar-refractivity contribution in [2.24, 2.45) is 0 Å². The maximum atomic E-state index is 13.1. The molecule has 1 aliphatic rings. The van der Waals surface area contributed by atoms with Gasteiger partial charge >= 0.3 is 0 Å². The topological polar surface area (TPSA) is 57.7 Å². The van der Waals surface area contributed by atoms with E-state index in [9.17, 15) is 13.2 Å². The lowest BCUT2D eigenvalue weighted by Gasteiger charge is -2.27. The Balaban J connectivity index is 1.89. The molecule has 7 heteroatoms. The van der Waals surface area contributed by atoms with E-state index in [4.69, 9.17) is 0 Å². The van der Waals surface area contributed by atoms with Crippen molar-refractivity contribution in [2.45, 2.75) is 44.0 Å². The van der Waals surface area contributed by atoms with E-state index in [1.807, 2.05) is 24.4 Å². The van der Waals surface area contributed by atoms with Crippen LogP contribution in [0, 0.1) is 6.92 Å². The number of sulfonamides is 1. The van der Waals surface area contributed by atoms with Crippen molar-refractivity contribution in [2.75, 3.05) is 20.1 Å². The Morgan fingerprint density at radius 3 is 2.52 bits per heavy atom. The summed E-state index contributed by atoms with van der Waals surface area (Å²) in [6.45, 7) is 4.86. The van der Waals surface area contributed by atoms with Crippen LogP contribution >= 0.6 is 11.3 Å². The smallest absolute Gasteiger partial charge is 0.254 e. The molecule has 1 aromatic carbocycles. The number of benzene rings is 1. The van der Waals surface area contributed by atoms with Crippen LogP contribution in [0.15, 0.2) is 40.6 Å². The highest BCUT2D eigenvalue weighted by Crippen LogP contribution is 2.27. The number of carbonyl (C=O) groups excluding carboxylic acids is 1. The predicted octanol–water partition coefficient (Wildman–Crippen LogP) is 4.06. The minimum Gasteiger partial charge on any atom is -0.334 e. The average molecular weight is 407 g/mol. The van der Waals surface area contributed by atoms with Crippen LogP contribution < -0.4 is 0 Å². The van der Waals surface area contributed by atoms with E-state index in [0.717, 1.165) is 24.1 Å². The summed E-state index contributed by atoms with van der Waals surface area (Å²) >= 11 is 1.60. The van der Waals surface area contributed by atoms with Crippen molar-refractivity contribution in [1.29, 1.82) is 0 Å². The number of hydrogen-bond donors (Lipinski definition) is 0. The summed E-state index contributed by atoms with van der Waals surface area (Å²) < 4.78 is 27.7. The molecule has 0 saturated carbocycles. The Hall–Kier alpha value is -1.70. The molecule has 27 heavy (non-hydrogen) atoms. The molecule has 1 atom stereocenters. The van der Waals surface area contributed by atoms with E-state index >= 15 is 0 Å². The lowest BCUT2D eigenvalue weighted by Crippen LogP contribution is -2.36. The quantitative estimate of drug-likeness (QED) is 0.752. The molecule has 2 aromatic rings. The second-order valence-corrected chi connectivity index (χ2v) is 9.94. The summed E-state index contributed by atoms with van der Waals surface area (Å²) in [6.07, 6.45) is 2.84. The normalized spacial score (nSPS) is 16.9. The Labute approximate surface area is 165 Å². The summed E-state index contributed by atoms with van der Waals surface area (Å²) in [4.78, 5) is 16.0. The van der Waals surface area contributed by atoms with Crippen LogP contribution in [0.4, 0.5) is 0 Å². The fourth-order valence-corrected chi connectivity index (χ4v) is 5.95. The van der Waals surface area contributed by atoms with E-state index in [0.29, 0.717) is 24.2 Å². The van der Waals surface area contributed by atoms with Crippen LogP contribution in [0.25, 0.3) is 0 Å². The number of nitrogens with zero attached hydrogens (tertiary/aromatic N) is 2. The first-order valence-corrected chi connectivity index (χ1v) is 11.6. The molecular weight excluding hydrogens is 380 g/mol. The zero-order valence-corrected chi connectivity index (χ0v) is 17.6. The molecular formula is C20H26N2O3S2. The Kier molecular flexibility index (Phi) is 6.03. The molecule has 0 spiro atoms. The maximum Gasteiger partial charge on any atom is 0.254 e. The number of hydrogen-bond acceptors (Lipinski definition) is 4. The van der Waals surface area contributed by atoms with Gasteiger partial charge in [-0.05, 0) is 55.8 Å². The first kappa shape index (κ1) is 20.0. The molecule has 1 aromatic heterocycles. The van der Waals surface area contributed by atoms with Gasteiger partial charge in [-0.15, -0.1) is 11.3 Å². The van der Waals surface area contributed by atoms with Crippen molar-refractivity contribution < 1.29 is 13.2 Å². The second kappa shape index (κ2) is 8.12. The van der Waals surface area contributed by atoms with Crippen molar-refractivity contribution in [3.8, 4) is 0 Å². The van der Waals surface area contributed by atoms with Gasteiger partial charge in [0.2, 0.25) is 10.0 Å². The van der Waals surface area contributed by atoms with E-state index < -0.39 is 10.0 Å². The molecule has 3 rings (SSSR count). The summed E-state index contributed by atoms with van der Waals surface area (Å²) in [6, 6.07) is 8.88. The van der Waals surface area contributed by atoms with Crippen molar-refractivity contribution >= 4 is 27.3 Å². The first-order chi connectivity index (χ1) is 12.8. The van der Waals surface area contributed by atoms with Crippen LogP contribution in [0.3, 0.4) is 0 Å². The molecule has 2 heterocycles. The van der Waals surface area contributed by atoms with Gasteiger partial charge in [-0.25, -0.2) is 8.42 Å². The lowest BCUT2D eigenvalue weighted by atomic mass is 10.1. The van der Waals surface area contributed by atoms with Crippen LogP contribution in [0.2, 0.25) is 0 Å². The second-order valence-electron chi connectivity index (χ2n) is 7.05. The predicted molar refractivity (Wildman–Crippen MR) is 109 cm³/mol. The van der Waals surface area contributed by atoms with E-state index in [1.54, 1.807) is 52.7 Å². The van der Waals surface area contributed by atoms with Gasteiger partial charge in [0.25, 0.3) is 5.91 Å². The molecule has 1 amide bonds. The zero-order chi connectivity index (χ0) is 19.6. The van der Waals surface area contributed by atoms with Crippen LogP contribution in [0.1, 0.15) is 53.0 Å². The van der Waals surface area contributed by atoms with Gasteiger partial charge < -0.3 is 4.90 Å². The zero-order valence-electron chi connectivity index (χ0n) is 16.0. The van der Waals surface area contributed by atoms with Gasteiger partial charge in [-0.1, -0.05) is 18.6 Å². The Morgan fingerprint density at radius 1 is 1.19 bits per heavy atom. The number of rotatable bonds is 5. The number of carbonyl (C=O) groups is 1. The minimum absolute atomic E-state index is 0.0686. The first-order valence-electron chi connectivity index (χ1n) is 9.23. The van der Waals surface area contributed by atoms with Crippen molar-refractivity contribution in [3.05, 3.63) is 51.7 Å². The highest BCUT2D eigenvalue weighted by molar-refractivity contribution is 7.89. The summed E-state index contributed by atoms with van der Waals surface area (Å²) in [5.74, 6) is -0.175. The van der Waals surface area contributed by atoms with Gasteiger partial charge in [-0.3, -0.25) is 4.79 Å². The molecule has 0 bridgehead atoms. The number of aryl methyl sites for hydroxylation is 1. The fraction of sp³-hybridized carbons (Fsp3) is 0.450. The molecule has 1 aliphatic heterocycles. The number of piperidine rings is 1. The molecule has 0 aliphatic carbocycles. The number of amides is 1. The van der Waals surface area contributed by atoms with Crippen molar-refractivity contribution in [3.63, 3.8) is 0 Å². The van der Waals surface area contributed by atoms with Crippen LogP contribution in [-0.4, -0.2) is 43.7 Å². The maximum absolute atomic E-state index is 13.1. The average Bonchev–Trinajstić information content (AvgIpc) is 3.22. The molecule has 0 N–H and O–H groups in total. The molecule has 146 valence electrons. The third-order valence-corrected chi connectivity index (χ3v) is 8.31. The standard InChI is InChI=1S/C20H26N2O3S2/c1-15-9-10-17(20(23)21(3)16(2)18-8-7-13-26-18)14-19(15)27(24,25)22-11-5-4-6-12-22/h7-10,13-14,16H,4-6,11-12H2,1-3H3. The summed E-state index contributed by atoms with van der Waals surface area (Å²) in [5, 5.41) is 1.99. The lowest BCUT2D eigenvalue weighted by molar-refractivity contribution is 0.0744. The third-order valence-electron chi connectivity index (χ3n) is 5.22. The van der Waals surface area contributed by atoms with Gasteiger partial charge in [0, 0.05) is 30.6 Å². The summed E-state index contributed by atoms with van der Waals surface area (Å²) in [7, 11) is -1.82. The minimum atomic E-state index is -3.57. The van der Waals surface area contributed by atoms with Crippen LogP contribution in [0.5, 0.6) is 0 Å². The fourth-order valence-electron chi connectivity index (χ4n) is 3.35. The van der Waals surface area contributed by atoms with E-state index in [2.05, 4.69) is 0 Å². The molecule has 1 unspecified atom stereocenters. The van der Waals surface area contributed by atoms with Crippen LogP contribution in [-0.2, 0) is 10.0 Å². The Morgan fingerprint density at radius 2 is 1.89 bits per heavy atom. The van der Waals surface area contributed by atoms with Gasteiger partial charge in [0.1, 0.15) is 0 Å². The molecule has 0 radical (unpaired) electrons. The monoisotopic (exact) mass is 406 g/mol. The summed E-state index contributed by atoms with van der Waals surface area (Å²) in [5.41, 5.74) is 1.08. The Bertz CT molecular complexity index is 901. The van der Waals surface area contributed by atoms with Gasteiger partial charge in [-0.2, -0.15) is 4.31 Å². The molecule has 1 fully saturated rings. The highest BCUT2D eigenvalue weighted by Gasteiger charge is 2.29. The van der Waals surface area contributed by atoms with Gasteiger partial charge in [0.05, 0.1) is 10.9 Å². The highest BCUT2D eigenvalue weighted by atomic mass is 32.2. The largest absolute Gasteiger partial charge is 0.334 e. The number of thiophene rings is 1.